The third-order valence-electron chi connectivity index (χ3n) is 1.24. The molecule has 0 atom stereocenters. The second-order valence-electron chi connectivity index (χ2n) is 2.10. The second kappa shape index (κ2) is 5.02. The smallest absolute Gasteiger partial charge is 0.362 e. The van der Waals surface area contributed by atoms with E-state index in [4.69, 9.17) is 0 Å². The molecule has 0 aliphatic heterocycles. The van der Waals surface area contributed by atoms with Crippen LogP contribution in [0.25, 0.3) is 0 Å². The molecule has 0 radical (unpaired) electrons. The molecule has 0 fully saturated rings. The van der Waals surface area contributed by atoms with E-state index in [1.165, 1.54) is 7.11 Å². The van der Waals surface area contributed by atoms with Gasteiger partial charge < -0.3 is 28.7 Å². The van der Waals surface area contributed by atoms with Gasteiger partial charge in [-0.25, -0.2) is 14.3 Å². The van der Waals surface area contributed by atoms with Gasteiger partial charge in [0.1, 0.15) is 7.05 Å². The van der Waals surface area contributed by atoms with Gasteiger partial charge in [-0.1, -0.05) is 0 Å². The molecule has 0 aliphatic rings. The Balaban J connectivity index is 0.00000121. The van der Waals surface area contributed by atoms with E-state index in [1.54, 1.807) is 23.2 Å². The van der Waals surface area contributed by atoms with Crippen LogP contribution in [0, 0.1) is 0 Å². The molecule has 0 saturated heterocycles. The molecule has 0 amide bonds. The number of esters is 1. The molecule has 0 aromatic carbocycles. The van der Waals surface area contributed by atoms with Gasteiger partial charge in [0.25, 0.3) is 0 Å². The summed E-state index contributed by atoms with van der Waals surface area (Å²) in [5.74, 6) is -0.416. The first-order chi connectivity index (χ1) is 5.24. The average molecular weight is 280 g/mol. The Morgan fingerprint density at radius 1 is 1.67 bits per heavy atom. The molecule has 0 bridgehead atoms. The van der Waals surface area contributed by atoms with Gasteiger partial charge in [0.15, 0.2) is 6.20 Å². The van der Waals surface area contributed by atoms with Crippen molar-refractivity contribution in [2.24, 2.45) is 7.05 Å². The fraction of sp³-hybridized carbons (Fsp3) is 0.286. The number of hydrogen-bond donors (Lipinski definition) is 0. The molecule has 66 valence electrons. The summed E-state index contributed by atoms with van der Waals surface area (Å²) in [6.07, 6.45) is 4.89. The van der Waals surface area contributed by atoms with Crippen LogP contribution >= 0.6 is 0 Å². The van der Waals surface area contributed by atoms with Crippen molar-refractivity contribution in [3.05, 3.63) is 24.3 Å². The average Bonchev–Trinajstić information content (AvgIpc) is 2.03. The Morgan fingerprint density at radius 2 is 2.33 bits per heavy atom. The highest BCUT2D eigenvalue weighted by molar-refractivity contribution is 5.86. The van der Waals surface area contributed by atoms with Crippen molar-refractivity contribution in [2.45, 2.75) is 0 Å². The van der Waals surface area contributed by atoms with Crippen LogP contribution in [0.3, 0.4) is 0 Å². The summed E-state index contributed by atoms with van der Waals surface area (Å²) in [7, 11) is 3.14. The molecule has 1 aromatic heterocycles. The van der Waals surface area contributed by atoms with Crippen molar-refractivity contribution in [1.29, 1.82) is 0 Å². The third-order valence-corrected chi connectivity index (χ3v) is 1.24. The number of aromatic nitrogens is 2. The van der Waals surface area contributed by atoms with Gasteiger partial charge in [-0.3, -0.25) is 0 Å². The fourth-order valence-electron chi connectivity index (χ4n) is 0.698. The maximum Gasteiger partial charge on any atom is 0.362 e. The van der Waals surface area contributed by atoms with E-state index in [0.717, 1.165) is 0 Å². The van der Waals surface area contributed by atoms with Crippen LogP contribution in [-0.4, -0.2) is 18.1 Å². The van der Waals surface area contributed by atoms with Crippen LogP contribution in [0.2, 0.25) is 0 Å². The molecule has 1 rings (SSSR count). The monoisotopic (exact) mass is 280 g/mol. The lowest BCUT2D eigenvalue weighted by Crippen LogP contribution is -3.00. The minimum atomic E-state index is -0.416. The highest BCUT2D eigenvalue weighted by atomic mass is 127. The minimum Gasteiger partial charge on any atom is -1.00 e. The Morgan fingerprint density at radius 3 is 2.83 bits per heavy atom. The van der Waals surface area contributed by atoms with E-state index in [1.807, 2.05) is 7.05 Å². The first-order valence-electron chi connectivity index (χ1n) is 3.13. The van der Waals surface area contributed by atoms with Crippen LogP contribution in [0.5, 0.6) is 0 Å². The highest BCUT2D eigenvalue weighted by Gasteiger charge is 2.09. The largest absolute Gasteiger partial charge is 1.00 e. The van der Waals surface area contributed by atoms with Crippen molar-refractivity contribution in [3.63, 3.8) is 0 Å². The first-order valence-corrected chi connectivity index (χ1v) is 3.13. The Hall–Kier alpha value is -0.720. The molecule has 0 aliphatic carbocycles. The Bertz CT molecular complexity index is 278. The van der Waals surface area contributed by atoms with Gasteiger partial charge in [0, 0.05) is 0 Å². The van der Waals surface area contributed by atoms with E-state index in [2.05, 4.69) is 9.72 Å². The van der Waals surface area contributed by atoms with Crippen LogP contribution in [0.4, 0.5) is 0 Å². The van der Waals surface area contributed by atoms with Gasteiger partial charge in [0.2, 0.25) is 11.9 Å². The molecule has 12 heavy (non-hydrogen) atoms. The topological polar surface area (TPSA) is 43.1 Å². The van der Waals surface area contributed by atoms with Gasteiger partial charge in [-0.05, 0) is 0 Å². The number of ether oxygens (including phenoxy) is 1. The van der Waals surface area contributed by atoms with Gasteiger partial charge in [-0.2, -0.15) is 0 Å². The number of nitrogens with zero attached hydrogens (tertiary/aromatic N) is 2. The van der Waals surface area contributed by atoms with Crippen LogP contribution in [-0.2, 0) is 11.8 Å². The third kappa shape index (κ3) is 2.72. The summed E-state index contributed by atoms with van der Waals surface area (Å²) in [6.45, 7) is 0. The normalized spacial score (nSPS) is 8.50. The molecule has 5 heteroatoms. The quantitative estimate of drug-likeness (QED) is 0.307. The molecule has 4 nitrogen and oxygen atoms in total. The molecule has 0 N–H and O–H groups in total. The van der Waals surface area contributed by atoms with Crippen molar-refractivity contribution in [2.75, 3.05) is 7.11 Å². The van der Waals surface area contributed by atoms with Crippen LogP contribution in [0.1, 0.15) is 10.5 Å². The number of carbonyl (C=O) groups excluding carboxylic acids is 1. The molecule has 1 aromatic rings. The van der Waals surface area contributed by atoms with Crippen molar-refractivity contribution >= 4 is 5.97 Å². The summed E-state index contributed by atoms with van der Waals surface area (Å²) < 4.78 is 6.21. The molecule has 1 heterocycles. The molecular weight excluding hydrogens is 271 g/mol. The van der Waals surface area contributed by atoms with E-state index in [9.17, 15) is 4.79 Å². The fourth-order valence-corrected chi connectivity index (χ4v) is 0.698. The maximum absolute atomic E-state index is 10.9. The lowest BCUT2D eigenvalue weighted by molar-refractivity contribution is -0.672. The summed E-state index contributed by atoms with van der Waals surface area (Å²) in [6, 6.07) is 0. The molecule has 0 spiro atoms. The minimum absolute atomic E-state index is 0. The van der Waals surface area contributed by atoms with E-state index in [0.29, 0.717) is 5.69 Å². The summed E-state index contributed by atoms with van der Waals surface area (Å²) in [5, 5.41) is 0. The van der Waals surface area contributed by atoms with E-state index < -0.39 is 5.97 Å². The molecule has 0 saturated carbocycles. The zero-order chi connectivity index (χ0) is 8.27. The molecule has 0 unspecified atom stereocenters. The summed E-state index contributed by atoms with van der Waals surface area (Å²) in [4.78, 5) is 14.7. The first kappa shape index (κ1) is 11.3. The number of methoxy groups -OCH3 is 1. The number of halogens is 1. The zero-order valence-electron chi connectivity index (χ0n) is 6.82. The van der Waals surface area contributed by atoms with E-state index >= 15 is 0 Å². The zero-order valence-corrected chi connectivity index (χ0v) is 8.98. The predicted octanol–water partition coefficient (Wildman–Crippen LogP) is -3.30. The lowest BCUT2D eigenvalue weighted by atomic mass is 10.4. The van der Waals surface area contributed by atoms with Crippen LogP contribution in [0.15, 0.2) is 18.6 Å². The maximum atomic E-state index is 10.9. The van der Waals surface area contributed by atoms with Crippen molar-refractivity contribution < 1.29 is 38.1 Å². The summed E-state index contributed by atoms with van der Waals surface area (Å²) in [5.41, 5.74) is 0.317. The number of hydrogen-bond acceptors (Lipinski definition) is 3. The van der Waals surface area contributed by atoms with Crippen molar-refractivity contribution in [3.8, 4) is 0 Å². The lowest BCUT2D eigenvalue weighted by Gasteiger charge is -1.93. The summed E-state index contributed by atoms with van der Waals surface area (Å²) >= 11 is 0. The number of carbonyl (C=O) groups is 1. The van der Waals surface area contributed by atoms with Gasteiger partial charge in [-0.15, -0.1) is 0 Å². The number of aryl methyl sites for hydroxylation is 1. The van der Waals surface area contributed by atoms with E-state index in [-0.39, 0.29) is 24.0 Å². The van der Waals surface area contributed by atoms with Gasteiger partial charge in [0.05, 0.1) is 13.3 Å². The SMILES string of the molecule is COC(=O)c1c[n+](C)ccn1.[I-]. The van der Waals surface area contributed by atoms with Crippen molar-refractivity contribution in [1.82, 2.24) is 4.98 Å². The highest BCUT2D eigenvalue weighted by Crippen LogP contribution is 1.89. The molecular formula is C7H9IN2O2. The predicted molar refractivity (Wildman–Crippen MR) is 36.8 cm³/mol. The Labute approximate surface area is 87.6 Å². The number of rotatable bonds is 1. The standard InChI is InChI=1S/C7H9N2O2.HI/c1-9-4-3-8-6(5-9)7(10)11-2;/h3-5H,1-2H3;1H/q+1;/p-1. The van der Waals surface area contributed by atoms with Crippen LogP contribution < -0.4 is 28.5 Å². The second-order valence-corrected chi connectivity index (χ2v) is 2.10. The van der Waals surface area contributed by atoms with Gasteiger partial charge >= 0.3 is 5.97 Å². The Kier molecular flexibility index (Phi) is 4.72.